The van der Waals surface area contributed by atoms with Crippen LogP contribution in [0.15, 0.2) is 53.4 Å². The Labute approximate surface area is 153 Å². The van der Waals surface area contributed by atoms with E-state index >= 15 is 0 Å². The number of benzene rings is 2. The zero-order chi connectivity index (χ0) is 19.3. The third-order valence-corrected chi connectivity index (χ3v) is 5.59. The highest BCUT2D eigenvalue weighted by Gasteiger charge is 2.16. The molecule has 0 aromatic heterocycles. The Hall–Kier alpha value is -2.67. The highest BCUT2D eigenvalue weighted by atomic mass is 32.2. The van der Waals surface area contributed by atoms with Crippen molar-refractivity contribution in [3.8, 4) is 5.75 Å². The van der Waals surface area contributed by atoms with Gasteiger partial charge in [-0.15, -0.1) is 0 Å². The van der Waals surface area contributed by atoms with Gasteiger partial charge in [-0.2, -0.15) is 0 Å². The van der Waals surface area contributed by atoms with Crippen LogP contribution in [-0.4, -0.2) is 45.4 Å². The van der Waals surface area contributed by atoms with Gasteiger partial charge in [-0.05, 0) is 42.0 Å². The number of ether oxygens (including phenoxy) is 1. The molecule has 0 N–H and O–H groups in total. The quantitative estimate of drug-likeness (QED) is 0.695. The molecule has 0 aliphatic rings. The molecule has 0 saturated carbocycles. The number of carbonyl (C=O) groups excluding carboxylic acids is 2. The molecular weight excluding hydrogens is 354 g/mol. The molecule has 0 radical (unpaired) electrons. The molecule has 1 atom stereocenters. The summed E-state index contributed by atoms with van der Waals surface area (Å²) in [5.74, 6) is 0.316. The molecule has 0 heterocycles. The van der Waals surface area contributed by atoms with Gasteiger partial charge >= 0.3 is 0 Å². The Kier molecular flexibility index (Phi) is 6.15. The molecule has 0 saturated heterocycles. The number of aldehydes is 1. The monoisotopic (exact) mass is 375 g/mol. The fraction of sp³-hybridized carbons (Fsp3) is 0.263. The Morgan fingerprint density at radius 1 is 1.08 bits per heavy atom. The molecule has 0 aliphatic carbocycles. The van der Waals surface area contributed by atoms with Gasteiger partial charge in [-0.1, -0.05) is 19.1 Å². The average molecular weight is 375 g/mol. The SMILES string of the molecule is CCS(=O)(=O)c1ccc(C(C=O)Oc2ccc(C(=O)N(C)C)cc2)cc1. The summed E-state index contributed by atoms with van der Waals surface area (Å²) in [6.45, 7) is 1.57. The van der Waals surface area contributed by atoms with Crippen LogP contribution in [0.2, 0.25) is 0 Å². The van der Waals surface area contributed by atoms with Gasteiger partial charge in [0.05, 0.1) is 10.6 Å². The summed E-state index contributed by atoms with van der Waals surface area (Å²) in [6, 6.07) is 12.5. The van der Waals surface area contributed by atoms with Gasteiger partial charge in [-0.25, -0.2) is 8.42 Å². The van der Waals surface area contributed by atoms with Crippen molar-refractivity contribution in [3.05, 3.63) is 59.7 Å². The highest BCUT2D eigenvalue weighted by Crippen LogP contribution is 2.23. The van der Waals surface area contributed by atoms with Gasteiger partial charge in [0.15, 0.2) is 22.2 Å². The maximum atomic E-state index is 11.9. The summed E-state index contributed by atoms with van der Waals surface area (Å²) in [4.78, 5) is 25.0. The molecule has 138 valence electrons. The van der Waals surface area contributed by atoms with E-state index in [9.17, 15) is 18.0 Å². The third kappa shape index (κ3) is 4.49. The lowest BCUT2D eigenvalue weighted by atomic mass is 10.1. The Balaban J connectivity index is 2.17. The van der Waals surface area contributed by atoms with E-state index in [1.54, 1.807) is 57.4 Å². The molecule has 7 heteroatoms. The molecule has 2 aromatic carbocycles. The standard InChI is InChI=1S/C19H21NO5S/c1-4-26(23,24)17-11-7-14(8-12-17)18(13-21)25-16-9-5-15(6-10-16)19(22)20(2)3/h5-13,18H,4H2,1-3H3. The number of rotatable bonds is 7. The zero-order valence-corrected chi connectivity index (χ0v) is 15.7. The van der Waals surface area contributed by atoms with Crippen LogP contribution in [0.1, 0.15) is 28.9 Å². The van der Waals surface area contributed by atoms with Gasteiger partial charge in [0.1, 0.15) is 5.75 Å². The number of sulfone groups is 1. The number of hydrogen-bond acceptors (Lipinski definition) is 5. The van der Waals surface area contributed by atoms with Gasteiger partial charge in [0.2, 0.25) is 0 Å². The first-order chi connectivity index (χ1) is 12.3. The molecule has 2 aromatic rings. The van der Waals surface area contributed by atoms with E-state index < -0.39 is 15.9 Å². The summed E-state index contributed by atoms with van der Waals surface area (Å²) < 4.78 is 29.3. The molecule has 1 unspecified atom stereocenters. The first-order valence-corrected chi connectivity index (χ1v) is 9.70. The van der Waals surface area contributed by atoms with Crippen LogP contribution in [0, 0.1) is 0 Å². The normalized spacial score (nSPS) is 12.3. The summed E-state index contributed by atoms with van der Waals surface area (Å²) in [7, 11) is 0.0372. The zero-order valence-electron chi connectivity index (χ0n) is 14.9. The van der Waals surface area contributed by atoms with E-state index in [0.29, 0.717) is 23.2 Å². The second-order valence-corrected chi connectivity index (χ2v) is 8.15. The highest BCUT2D eigenvalue weighted by molar-refractivity contribution is 7.91. The molecule has 2 rings (SSSR count). The van der Waals surface area contributed by atoms with Crippen molar-refractivity contribution in [2.24, 2.45) is 0 Å². The first kappa shape index (κ1) is 19.7. The van der Waals surface area contributed by atoms with E-state index in [1.165, 1.54) is 17.0 Å². The Morgan fingerprint density at radius 2 is 1.65 bits per heavy atom. The third-order valence-electron chi connectivity index (χ3n) is 3.84. The molecule has 1 amide bonds. The largest absolute Gasteiger partial charge is 0.478 e. The van der Waals surface area contributed by atoms with E-state index in [-0.39, 0.29) is 16.6 Å². The van der Waals surface area contributed by atoms with Crippen molar-refractivity contribution in [1.82, 2.24) is 4.90 Å². The summed E-state index contributed by atoms with van der Waals surface area (Å²) in [5, 5.41) is 0. The summed E-state index contributed by atoms with van der Waals surface area (Å²) in [6.07, 6.45) is -0.230. The molecular formula is C19H21NO5S. The van der Waals surface area contributed by atoms with Gasteiger partial charge in [0.25, 0.3) is 5.91 Å². The van der Waals surface area contributed by atoms with E-state index in [4.69, 9.17) is 4.74 Å². The predicted molar refractivity (Wildman–Crippen MR) is 98.1 cm³/mol. The lowest BCUT2D eigenvalue weighted by molar-refractivity contribution is -0.113. The minimum atomic E-state index is -3.29. The van der Waals surface area contributed by atoms with Crippen molar-refractivity contribution in [1.29, 1.82) is 0 Å². The van der Waals surface area contributed by atoms with Crippen LogP contribution in [0.25, 0.3) is 0 Å². The van der Waals surface area contributed by atoms with Crippen molar-refractivity contribution >= 4 is 22.0 Å². The molecule has 0 spiro atoms. The van der Waals surface area contributed by atoms with Crippen LogP contribution in [0.4, 0.5) is 0 Å². The van der Waals surface area contributed by atoms with Crippen LogP contribution >= 0.6 is 0 Å². The van der Waals surface area contributed by atoms with Crippen molar-refractivity contribution in [2.45, 2.75) is 17.9 Å². The van der Waals surface area contributed by atoms with E-state index in [0.717, 1.165) is 0 Å². The fourth-order valence-electron chi connectivity index (χ4n) is 2.29. The Bertz CT molecular complexity index is 871. The number of carbonyl (C=O) groups is 2. The van der Waals surface area contributed by atoms with Gasteiger partial charge in [-0.3, -0.25) is 9.59 Å². The minimum absolute atomic E-state index is 0.0119. The van der Waals surface area contributed by atoms with Crippen LogP contribution in [-0.2, 0) is 14.6 Å². The molecule has 0 bridgehead atoms. The second kappa shape index (κ2) is 8.14. The van der Waals surface area contributed by atoms with Crippen LogP contribution in [0.5, 0.6) is 5.75 Å². The topological polar surface area (TPSA) is 80.7 Å². The van der Waals surface area contributed by atoms with Gasteiger partial charge in [0, 0.05) is 19.7 Å². The van der Waals surface area contributed by atoms with Crippen LogP contribution < -0.4 is 4.74 Å². The predicted octanol–water partition coefficient (Wildman–Crippen LogP) is 2.50. The van der Waals surface area contributed by atoms with Crippen molar-refractivity contribution in [3.63, 3.8) is 0 Å². The minimum Gasteiger partial charge on any atom is -0.478 e. The molecule has 26 heavy (non-hydrogen) atoms. The van der Waals surface area contributed by atoms with Gasteiger partial charge < -0.3 is 9.64 Å². The van der Waals surface area contributed by atoms with E-state index in [2.05, 4.69) is 0 Å². The fourth-order valence-corrected chi connectivity index (χ4v) is 3.17. The maximum Gasteiger partial charge on any atom is 0.253 e. The first-order valence-electron chi connectivity index (χ1n) is 8.05. The van der Waals surface area contributed by atoms with Crippen molar-refractivity contribution < 1.29 is 22.7 Å². The molecule has 6 nitrogen and oxygen atoms in total. The smallest absolute Gasteiger partial charge is 0.253 e. The average Bonchev–Trinajstić information content (AvgIpc) is 2.66. The lowest BCUT2D eigenvalue weighted by Crippen LogP contribution is -2.21. The second-order valence-electron chi connectivity index (χ2n) is 5.87. The Morgan fingerprint density at radius 3 is 2.12 bits per heavy atom. The summed E-state index contributed by atoms with van der Waals surface area (Å²) in [5.41, 5.74) is 1.06. The van der Waals surface area contributed by atoms with Crippen LogP contribution in [0.3, 0.4) is 0 Å². The molecule has 0 fully saturated rings. The maximum absolute atomic E-state index is 11.9. The van der Waals surface area contributed by atoms with E-state index in [1.807, 2.05) is 0 Å². The summed E-state index contributed by atoms with van der Waals surface area (Å²) >= 11 is 0. The lowest BCUT2D eigenvalue weighted by Gasteiger charge is -2.15. The number of amides is 1. The van der Waals surface area contributed by atoms with Crippen molar-refractivity contribution in [2.75, 3.05) is 19.8 Å². The molecule has 0 aliphatic heterocycles. The number of hydrogen-bond donors (Lipinski definition) is 0. The number of nitrogens with zero attached hydrogens (tertiary/aromatic N) is 1.